The lowest BCUT2D eigenvalue weighted by atomic mass is 10.0. The Balaban J connectivity index is 1.93. The molecule has 19 heavy (non-hydrogen) atoms. The first-order chi connectivity index (χ1) is 9.29. The van der Waals surface area contributed by atoms with Crippen molar-refractivity contribution < 1.29 is 4.79 Å². The quantitative estimate of drug-likeness (QED) is 0.856. The number of para-hydroxylation sites is 1. The third-order valence-corrected chi connectivity index (χ3v) is 4.04. The van der Waals surface area contributed by atoms with Crippen molar-refractivity contribution in [1.29, 1.82) is 0 Å². The smallest absolute Gasteiger partial charge is 0.214 e. The monoisotopic (exact) mass is 257 g/mol. The Hall–Kier alpha value is -1.81. The summed E-state index contributed by atoms with van der Waals surface area (Å²) in [5, 5.41) is 1.15. The van der Waals surface area contributed by atoms with Crippen LogP contribution in [0.15, 0.2) is 30.5 Å². The van der Waals surface area contributed by atoms with E-state index in [9.17, 15) is 4.79 Å². The molecule has 1 aliphatic rings. The van der Waals surface area contributed by atoms with E-state index in [1.807, 2.05) is 29.3 Å². The molecular formula is C15H19N3O. The molecule has 1 N–H and O–H groups in total. The molecule has 3 rings (SSSR count). The van der Waals surface area contributed by atoms with Gasteiger partial charge in [0.15, 0.2) is 0 Å². The molecule has 0 bridgehead atoms. The summed E-state index contributed by atoms with van der Waals surface area (Å²) in [6, 6.07) is 8.44. The van der Waals surface area contributed by atoms with Gasteiger partial charge in [-0.3, -0.25) is 4.79 Å². The summed E-state index contributed by atoms with van der Waals surface area (Å²) in [4.78, 5) is 19.0. The molecule has 0 atom stereocenters. The molecule has 1 saturated heterocycles. The van der Waals surface area contributed by atoms with Crippen molar-refractivity contribution in [2.24, 2.45) is 0 Å². The number of likely N-dealkylation sites (tertiary alicyclic amines) is 1. The van der Waals surface area contributed by atoms with Crippen molar-refractivity contribution in [2.75, 3.05) is 25.0 Å². The molecule has 4 nitrogen and oxygen atoms in total. The van der Waals surface area contributed by atoms with E-state index in [1.54, 1.807) is 0 Å². The summed E-state index contributed by atoms with van der Waals surface area (Å²) in [5.74, 6) is 0. The van der Waals surface area contributed by atoms with Gasteiger partial charge in [0.25, 0.3) is 0 Å². The van der Waals surface area contributed by atoms with Crippen molar-refractivity contribution in [3.63, 3.8) is 0 Å². The summed E-state index contributed by atoms with van der Waals surface area (Å²) in [7, 11) is 2.13. The number of nitrogens with one attached hydrogen (secondary N) is 1. The lowest BCUT2D eigenvalue weighted by molar-refractivity contribution is -0.108. The molecule has 1 amide bonds. The van der Waals surface area contributed by atoms with Crippen molar-refractivity contribution in [2.45, 2.75) is 18.9 Å². The van der Waals surface area contributed by atoms with Crippen LogP contribution >= 0.6 is 0 Å². The SMILES string of the molecule is CN1CCC(N(C=O)c2cccc3cc[nH]c23)CC1. The highest BCUT2D eigenvalue weighted by Gasteiger charge is 2.24. The Kier molecular flexibility index (Phi) is 3.25. The Morgan fingerprint density at radius 1 is 1.32 bits per heavy atom. The molecule has 1 aliphatic heterocycles. The maximum absolute atomic E-state index is 11.6. The molecular weight excluding hydrogens is 238 g/mol. The second-order valence-electron chi connectivity index (χ2n) is 5.27. The van der Waals surface area contributed by atoms with Gasteiger partial charge in [-0.2, -0.15) is 0 Å². The van der Waals surface area contributed by atoms with E-state index in [-0.39, 0.29) is 0 Å². The number of carbonyl (C=O) groups excluding carboxylic acids is 1. The van der Waals surface area contributed by atoms with Gasteiger partial charge in [0.2, 0.25) is 6.41 Å². The molecule has 0 unspecified atom stereocenters. The van der Waals surface area contributed by atoms with Crippen LogP contribution in [0.3, 0.4) is 0 Å². The van der Waals surface area contributed by atoms with Crippen LogP contribution in [0.25, 0.3) is 10.9 Å². The predicted octanol–water partition coefficient (Wildman–Crippen LogP) is 2.22. The van der Waals surface area contributed by atoms with Crippen LogP contribution in [0.2, 0.25) is 0 Å². The van der Waals surface area contributed by atoms with Crippen LogP contribution in [0.1, 0.15) is 12.8 Å². The molecule has 0 saturated carbocycles. The van der Waals surface area contributed by atoms with Crippen LogP contribution in [0.4, 0.5) is 5.69 Å². The number of aromatic nitrogens is 1. The van der Waals surface area contributed by atoms with Crippen LogP contribution in [0.5, 0.6) is 0 Å². The van der Waals surface area contributed by atoms with Crippen LogP contribution in [-0.4, -0.2) is 42.5 Å². The fraction of sp³-hybridized carbons (Fsp3) is 0.400. The number of piperidine rings is 1. The second-order valence-corrected chi connectivity index (χ2v) is 5.27. The third-order valence-electron chi connectivity index (χ3n) is 4.04. The zero-order chi connectivity index (χ0) is 13.2. The number of benzene rings is 1. The van der Waals surface area contributed by atoms with E-state index in [0.29, 0.717) is 6.04 Å². The molecule has 2 heterocycles. The van der Waals surface area contributed by atoms with Gasteiger partial charge in [0.1, 0.15) is 0 Å². The number of carbonyl (C=O) groups is 1. The topological polar surface area (TPSA) is 39.3 Å². The van der Waals surface area contributed by atoms with Gasteiger partial charge < -0.3 is 14.8 Å². The first-order valence-electron chi connectivity index (χ1n) is 6.78. The van der Waals surface area contributed by atoms with Gasteiger partial charge >= 0.3 is 0 Å². The van der Waals surface area contributed by atoms with Gasteiger partial charge in [-0.15, -0.1) is 0 Å². The fourth-order valence-corrected chi connectivity index (χ4v) is 2.90. The number of rotatable bonds is 3. The number of hydrogen-bond acceptors (Lipinski definition) is 2. The third kappa shape index (κ3) is 2.24. The van der Waals surface area contributed by atoms with Gasteiger partial charge in [0, 0.05) is 17.6 Å². The van der Waals surface area contributed by atoms with Crippen LogP contribution < -0.4 is 4.90 Å². The first-order valence-corrected chi connectivity index (χ1v) is 6.78. The number of aromatic amines is 1. The summed E-state index contributed by atoms with van der Waals surface area (Å²) in [6.07, 6.45) is 4.97. The average Bonchev–Trinajstić information content (AvgIpc) is 2.91. The Labute approximate surface area is 113 Å². The Bertz CT molecular complexity index is 570. The van der Waals surface area contributed by atoms with Crippen molar-refractivity contribution >= 4 is 23.0 Å². The number of nitrogens with zero attached hydrogens (tertiary/aromatic N) is 2. The van der Waals surface area contributed by atoms with Gasteiger partial charge in [0.05, 0.1) is 11.2 Å². The molecule has 0 radical (unpaired) electrons. The maximum Gasteiger partial charge on any atom is 0.214 e. The normalized spacial score (nSPS) is 17.7. The van der Waals surface area contributed by atoms with Gasteiger partial charge in [-0.25, -0.2) is 0 Å². The van der Waals surface area contributed by atoms with Crippen molar-refractivity contribution in [1.82, 2.24) is 9.88 Å². The molecule has 1 fully saturated rings. The predicted molar refractivity (Wildman–Crippen MR) is 77.4 cm³/mol. The minimum absolute atomic E-state index is 0.308. The number of fused-ring (bicyclic) bond motifs is 1. The number of hydrogen-bond donors (Lipinski definition) is 1. The van der Waals surface area contributed by atoms with Gasteiger partial charge in [-0.1, -0.05) is 12.1 Å². The number of anilines is 1. The standard InChI is InChI=1S/C15H19N3O/c1-17-9-6-13(7-10-17)18(11-19)14-4-2-3-12-5-8-16-15(12)14/h2-5,8,11,13,16H,6-7,9-10H2,1H3. The molecule has 1 aromatic heterocycles. The molecule has 1 aromatic carbocycles. The zero-order valence-electron chi connectivity index (χ0n) is 11.2. The van der Waals surface area contributed by atoms with Gasteiger partial charge in [-0.05, 0) is 45.1 Å². The average molecular weight is 257 g/mol. The van der Waals surface area contributed by atoms with E-state index in [1.165, 1.54) is 0 Å². The van der Waals surface area contributed by atoms with E-state index in [0.717, 1.165) is 48.9 Å². The lowest BCUT2D eigenvalue weighted by Gasteiger charge is -2.35. The van der Waals surface area contributed by atoms with Crippen LogP contribution in [-0.2, 0) is 4.79 Å². The summed E-state index contributed by atoms with van der Waals surface area (Å²) >= 11 is 0. The minimum Gasteiger partial charge on any atom is -0.359 e. The van der Waals surface area contributed by atoms with E-state index in [4.69, 9.17) is 0 Å². The highest BCUT2D eigenvalue weighted by Crippen LogP contribution is 2.28. The summed E-state index contributed by atoms with van der Waals surface area (Å²) in [5.41, 5.74) is 2.04. The molecule has 2 aromatic rings. The fourth-order valence-electron chi connectivity index (χ4n) is 2.90. The molecule has 0 aliphatic carbocycles. The van der Waals surface area contributed by atoms with E-state index < -0.39 is 0 Å². The molecule has 100 valence electrons. The van der Waals surface area contributed by atoms with Crippen molar-refractivity contribution in [3.05, 3.63) is 30.5 Å². The Morgan fingerprint density at radius 3 is 2.84 bits per heavy atom. The Morgan fingerprint density at radius 2 is 2.11 bits per heavy atom. The molecule has 0 spiro atoms. The maximum atomic E-state index is 11.6. The second kappa shape index (κ2) is 5.05. The first kappa shape index (κ1) is 12.2. The van der Waals surface area contributed by atoms with Crippen LogP contribution in [0, 0.1) is 0 Å². The van der Waals surface area contributed by atoms with E-state index in [2.05, 4.69) is 23.0 Å². The summed E-state index contributed by atoms with van der Waals surface area (Å²) < 4.78 is 0. The highest BCUT2D eigenvalue weighted by molar-refractivity contribution is 5.96. The van der Waals surface area contributed by atoms with E-state index >= 15 is 0 Å². The zero-order valence-corrected chi connectivity index (χ0v) is 11.2. The number of amides is 1. The van der Waals surface area contributed by atoms with Crippen molar-refractivity contribution in [3.8, 4) is 0 Å². The lowest BCUT2D eigenvalue weighted by Crippen LogP contribution is -2.43. The molecule has 4 heteroatoms. The number of H-pyrrole nitrogens is 1. The summed E-state index contributed by atoms with van der Waals surface area (Å²) in [6.45, 7) is 2.10. The highest BCUT2D eigenvalue weighted by atomic mass is 16.1. The minimum atomic E-state index is 0.308. The largest absolute Gasteiger partial charge is 0.359 e.